The highest BCUT2D eigenvalue weighted by Gasteiger charge is 2.43. The molecule has 3 rings (SSSR count). The number of benzene rings is 1. The van der Waals surface area contributed by atoms with Crippen molar-refractivity contribution in [3.63, 3.8) is 0 Å². The number of amides is 2. The van der Waals surface area contributed by atoms with Crippen LogP contribution >= 0.6 is 0 Å². The molecule has 1 atom stereocenters. The molecule has 1 aromatic rings. The molecule has 0 spiro atoms. The Kier molecular flexibility index (Phi) is 2.92. The number of halogens is 3. The van der Waals surface area contributed by atoms with Gasteiger partial charge in [-0.15, -0.1) is 0 Å². The standard InChI is InChI=1S/C13H11F3N2O2/c14-8-3-7(4-9(15)11(8)16)18-5-10(19)17-12(13(18)20)6-1-2-6/h3-4,6,12H,1-2,5H2,(H,17,19). The van der Waals surface area contributed by atoms with Crippen molar-refractivity contribution in [2.24, 2.45) is 5.92 Å². The summed E-state index contributed by atoms with van der Waals surface area (Å²) in [7, 11) is 0. The van der Waals surface area contributed by atoms with Crippen LogP contribution in [0.25, 0.3) is 0 Å². The molecular weight excluding hydrogens is 273 g/mol. The summed E-state index contributed by atoms with van der Waals surface area (Å²) in [4.78, 5) is 24.8. The number of nitrogens with one attached hydrogen (secondary N) is 1. The smallest absolute Gasteiger partial charge is 0.250 e. The maximum atomic E-state index is 13.2. The molecule has 1 saturated carbocycles. The third kappa shape index (κ3) is 2.13. The molecule has 7 heteroatoms. The van der Waals surface area contributed by atoms with Crippen molar-refractivity contribution in [1.29, 1.82) is 0 Å². The van der Waals surface area contributed by atoms with Crippen molar-refractivity contribution in [3.05, 3.63) is 29.6 Å². The van der Waals surface area contributed by atoms with E-state index < -0.39 is 35.3 Å². The third-order valence-electron chi connectivity index (χ3n) is 3.52. The van der Waals surface area contributed by atoms with E-state index in [0.29, 0.717) is 0 Å². The van der Waals surface area contributed by atoms with E-state index in [4.69, 9.17) is 0 Å². The highest BCUT2D eigenvalue weighted by atomic mass is 19.2. The molecule has 1 heterocycles. The number of hydrogen-bond donors (Lipinski definition) is 1. The molecule has 106 valence electrons. The van der Waals surface area contributed by atoms with Gasteiger partial charge in [-0.2, -0.15) is 0 Å². The van der Waals surface area contributed by atoms with Crippen LogP contribution in [0, 0.1) is 23.4 Å². The molecule has 1 unspecified atom stereocenters. The second-order valence-electron chi connectivity index (χ2n) is 5.03. The average molecular weight is 284 g/mol. The van der Waals surface area contributed by atoms with E-state index in [1.807, 2.05) is 0 Å². The van der Waals surface area contributed by atoms with Gasteiger partial charge < -0.3 is 10.2 Å². The van der Waals surface area contributed by atoms with Gasteiger partial charge in [0.05, 0.1) is 5.69 Å². The van der Waals surface area contributed by atoms with Crippen molar-refractivity contribution in [2.45, 2.75) is 18.9 Å². The first-order chi connectivity index (χ1) is 9.47. The maximum absolute atomic E-state index is 13.2. The molecule has 1 aliphatic heterocycles. The zero-order valence-electron chi connectivity index (χ0n) is 10.3. The number of rotatable bonds is 2. The van der Waals surface area contributed by atoms with Gasteiger partial charge in [0.15, 0.2) is 17.5 Å². The molecule has 2 amide bonds. The van der Waals surface area contributed by atoms with Crippen molar-refractivity contribution in [2.75, 3.05) is 11.4 Å². The normalized spacial score (nSPS) is 22.9. The zero-order valence-corrected chi connectivity index (χ0v) is 10.3. The SMILES string of the molecule is O=C1CN(c2cc(F)c(F)c(F)c2)C(=O)C(C2CC2)N1. The predicted molar refractivity (Wildman–Crippen MR) is 63.3 cm³/mol. The highest BCUT2D eigenvalue weighted by Crippen LogP contribution is 2.35. The summed E-state index contributed by atoms with van der Waals surface area (Å²) in [5.41, 5.74) is -0.146. The number of piperazine rings is 1. The summed E-state index contributed by atoms with van der Waals surface area (Å²) in [6.07, 6.45) is 1.66. The molecule has 2 aliphatic rings. The van der Waals surface area contributed by atoms with Crippen LogP contribution in [0.1, 0.15) is 12.8 Å². The minimum absolute atomic E-state index is 0.0735. The topological polar surface area (TPSA) is 49.4 Å². The molecule has 20 heavy (non-hydrogen) atoms. The Morgan fingerprint density at radius 3 is 2.25 bits per heavy atom. The van der Waals surface area contributed by atoms with Crippen LogP contribution in [-0.4, -0.2) is 24.4 Å². The lowest BCUT2D eigenvalue weighted by molar-refractivity contribution is -0.131. The molecule has 0 aromatic heterocycles. The van der Waals surface area contributed by atoms with Crippen molar-refractivity contribution < 1.29 is 22.8 Å². The molecule has 1 aromatic carbocycles. The zero-order chi connectivity index (χ0) is 14.4. The molecular formula is C13H11F3N2O2. The Morgan fingerprint density at radius 1 is 1.10 bits per heavy atom. The van der Waals surface area contributed by atoms with Gasteiger partial charge in [-0.05, 0) is 18.8 Å². The summed E-state index contributed by atoms with van der Waals surface area (Å²) >= 11 is 0. The van der Waals surface area contributed by atoms with Crippen LogP contribution in [0.5, 0.6) is 0 Å². The molecule has 1 aliphatic carbocycles. The summed E-state index contributed by atoms with van der Waals surface area (Å²) in [5.74, 6) is -5.11. The molecule has 1 N–H and O–H groups in total. The van der Waals surface area contributed by atoms with Gasteiger partial charge in [0.2, 0.25) is 11.8 Å². The van der Waals surface area contributed by atoms with Crippen molar-refractivity contribution in [3.8, 4) is 0 Å². The monoisotopic (exact) mass is 284 g/mol. The fourth-order valence-electron chi connectivity index (χ4n) is 2.34. The second-order valence-corrected chi connectivity index (χ2v) is 5.03. The Morgan fingerprint density at radius 2 is 1.70 bits per heavy atom. The summed E-state index contributed by atoms with van der Waals surface area (Å²) < 4.78 is 39.4. The van der Waals surface area contributed by atoms with Crippen LogP contribution in [0.4, 0.5) is 18.9 Å². The van der Waals surface area contributed by atoms with Crippen LogP contribution in [0.2, 0.25) is 0 Å². The minimum atomic E-state index is -1.60. The Labute approximate surface area is 112 Å². The molecule has 0 bridgehead atoms. The van der Waals surface area contributed by atoms with Gasteiger partial charge in [-0.25, -0.2) is 13.2 Å². The maximum Gasteiger partial charge on any atom is 0.250 e. The Balaban J connectivity index is 1.95. The average Bonchev–Trinajstić information content (AvgIpc) is 3.22. The number of anilines is 1. The van der Waals surface area contributed by atoms with Gasteiger partial charge in [-0.1, -0.05) is 0 Å². The summed E-state index contributed by atoms with van der Waals surface area (Å²) in [5, 5.41) is 2.58. The number of carbonyl (C=O) groups excluding carboxylic acids is 2. The lowest BCUT2D eigenvalue weighted by atomic mass is 10.1. The lowest BCUT2D eigenvalue weighted by Gasteiger charge is -2.32. The first-order valence-corrected chi connectivity index (χ1v) is 6.22. The number of hydrogen-bond acceptors (Lipinski definition) is 2. The third-order valence-corrected chi connectivity index (χ3v) is 3.52. The van der Waals surface area contributed by atoms with Crippen LogP contribution in [-0.2, 0) is 9.59 Å². The molecule has 4 nitrogen and oxygen atoms in total. The minimum Gasteiger partial charge on any atom is -0.342 e. The lowest BCUT2D eigenvalue weighted by Crippen LogP contribution is -2.59. The van der Waals surface area contributed by atoms with Gasteiger partial charge in [-0.3, -0.25) is 9.59 Å². The van der Waals surface area contributed by atoms with Crippen molar-refractivity contribution >= 4 is 17.5 Å². The first-order valence-electron chi connectivity index (χ1n) is 6.22. The van der Waals surface area contributed by atoms with E-state index in [1.54, 1.807) is 0 Å². The fraction of sp³-hybridized carbons (Fsp3) is 0.385. The Hall–Kier alpha value is -2.05. The quantitative estimate of drug-likeness (QED) is 0.833. The second kappa shape index (κ2) is 4.50. The van der Waals surface area contributed by atoms with E-state index >= 15 is 0 Å². The van der Waals surface area contributed by atoms with Gasteiger partial charge in [0.25, 0.3) is 0 Å². The molecule has 0 radical (unpaired) electrons. The van der Waals surface area contributed by atoms with Crippen molar-refractivity contribution in [1.82, 2.24) is 5.32 Å². The fourth-order valence-corrected chi connectivity index (χ4v) is 2.34. The van der Waals surface area contributed by atoms with Gasteiger partial charge in [0.1, 0.15) is 12.6 Å². The van der Waals surface area contributed by atoms with E-state index in [1.165, 1.54) is 0 Å². The van der Waals surface area contributed by atoms with Gasteiger partial charge in [0, 0.05) is 12.1 Å². The Bertz CT molecular complexity index is 578. The van der Waals surface area contributed by atoms with E-state index in [9.17, 15) is 22.8 Å². The molecule has 1 saturated heterocycles. The van der Waals surface area contributed by atoms with E-state index in [0.717, 1.165) is 29.9 Å². The number of nitrogens with zero attached hydrogens (tertiary/aromatic N) is 1. The largest absolute Gasteiger partial charge is 0.342 e. The number of carbonyl (C=O) groups is 2. The van der Waals surface area contributed by atoms with Gasteiger partial charge >= 0.3 is 0 Å². The predicted octanol–water partition coefficient (Wildman–Crippen LogP) is 1.35. The molecule has 2 fully saturated rings. The van der Waals surface area contributed by atoms with E-state index in [2.05, 4.69) is 5.32 Å². The van der Waals surface area contributed by atoms with Crippen LogP contribution < -0.4 is 10.2 Å². The van der Waals surface area contributed by atoms with Crippen LogP contribution in [0.3, 0.4) is 0 Å². The summed E-state index contributed by atoms with van der Waals surface area (Å²) in [6.45, 7) is -0.327. The van der Waals surface area contributed by atoms with E-state index in [-0.39, 0.29) is 18.2 Å². The first kappa shape index (κ1) is 13.0. The highest BCUT2D eigenvalue weighted by molar-refractivity contribution is 6.06. The summed E-state index contributed by atoms with van der Waals surface area (Å²) in [6, 6.07) is 0.782. The van der Waals surface area contributed by atoms with Crippen LogP contribution in [0.15, 0.2) is 12.1 Å².